The number of hydrogen-bond donors (Lipinski definition) is 2. The van der Waals surface area contributed by atoms with Gasteiger partial charge in [-0.05, 0) is 30.3 Å². The Morgan fingerprint density at radius 3 is 2.48 bits per heavy atom. The summed E-state index contributed by atoms with van der Waals surface area (Å²) in [7, 11) is 0. The van der Waals surface area contributed by atoms with E-state index < -0.39 is 23.1 Å². The quantitative estimate of drug-likeness (QED) is 0.687. The van der Waals surface area contributed by atoms with Gasteiger partial charge in [0.05, 0.1) is 5.56 Å². The highest BCUT2D eigenvalue weighted by Crippen LogP contribution is 2.28. The second-order valence-corrected chi connectivity index (χ2v) is 4.41. The molecule has 0 bridgehead atoms. The third-order valence-electron chi connectivity index (χ3n) is 3.04. The summed E-state index contributed by atoms with van der Waals surface area (Å²) >= 11 is 0. The largest absolute Gasteiger partial charge is 0.494 e. The normalized spacial score (nSPS) is 11.6. The van der Waals surface area contributed by atoms with Crippen LogP contribution < -0.4 is 0 Å². The first-order valence-corrected chi connectivity index (χ1v) is 6.04. The minimum absolute atomic E-state index is 0.159. The monoisotopic (exact) mass is 290 g/mol. The average Bonchev–Trinajstić information content (AvgIpc) is 2.74. The number of aliphatic imine (C=N–C) groups is 1. The summed E-state index contributed by atoms with van der Waals surface area (Å²) in [5.41, 5.74) is 0.180. The van der Waals surface area contributed by atoms with Gasteiger partial charge in [0.1, 0.15) is 11.5 Å². The SMILES string of the molecule is Oc1[nH]c2ccc(F)cc2c1C=Nc1c(F)cccc1F. The zero-order valence-corrected chi connectivity index (χ0v) is 10.6. The van der Waals surface area contributed by atoms with Gasteiger partial charge in [-0.1, -0.05) is 6.07 Å². The molecular weight excluding hydrogens is 281 g/mol. The molecule has 2 N–H and O–H groups in total. The molecule has 0 spiro atoms. The van der Waals surface area contributed by atoms with Crippen LogP contribution in [-0.4, -0.2) is 16.3 Å². The minimum Gasteiger partial charge on any atom is -0.494 e. The van der Waals surface area contributed by atoms with Gasteiger partial charge in [-0.15, -0.1) is 0 Å². The number of aromatic nitrogens is 1. The molecule has 3 rings (SSSR count). The Morgan fingerprint density at radius 2 is 1.76 bits per heavy atom. The predicted octanol–water partition coefficient (Wildman–Crippen LogP) is 4.04. The first-order chi connectivity index (χ1) is 10.1. The van der Waals surface area contributed by atoms with Crippen molar-refractivity contribution in [1.82, 2.24) is 4.98 Å². The van der Waals surface area contributed by atoms with Crippen molar-refractivity contribution in [3.8, 4) is 5.88 Å². The molecule has 0 aliphatic rings. The molecule has 3 aromatic rings. The van der Waals surface area contributed by atoms with Gasteiger partial charge in [-0.25, -0.2) is 18.2 Å². The molecule has 0 unspecified atom stereocenters. The first kappa shape index (κ1) is 13.2. The van der Waals surface area contributed by atoms with E-state index in [0.29, 0.717) is 10.9 Å². The molecule has 0 amide bonds. The van der Waals surface area contributed by atoms with Crippen LogP contribution >= 0.6 is 0 Å². The van der Waals surface area contributed by atoms with Crippen molar-refractivity contribution in [2.45, 2.75) is 0 Å². The fraction of sp³-hybridized carbons (Fsp3) is 0. The summed E-state index contributed by atoms with van der Waals surface area (Å²) < 4.78 is 40.2. The maximum absolute atomic E-state index is 13.5. The van der Waals surface area contributed by atoms with E-state index in [1.807, 2.05) is 0 Å². The summed E-state index contributed by atoms with van der Waals surface area (Å²) in [4.78, 5) is 6.34. The smallest absolute Gasteiger partial charge is 0.198 e. The molecule has 0 atom stereocenters. The molecule has 3 nitrogen and oxygen atoms in total. The third-order valence-corrected chi connectivity index (χ3v) is 3.04. The van der Waals surface area contributed by atoms with Gasteiger partial charge in [0.15, 0.2) is 17.5 Å². The number of para-hydroxylation sites is 1. The van der Waals surface area contributed by atoms with Crippen molar-refractivity contribution in [2.75, 3.05) is 0 Å². The lowest BCUT2D eigenvalue weighted by Gasteiger charge is -1.98. The van der Waals surface area contributed by atoms with Crippen molar-refractivity contribution < 1.29 is 18.3 Å². The van der Waals surface area contributed by atoms with Crippen molar-refractivity contribution in [3.05, 3.63) is 59.4 Å². The maximum Gasteiger partial charge on any atom is 0.198 e. The van der Waals surface area contributed by atoms with Crippen LogP contribution in [0.3, 0.4) is 0 Å². The predicted molar refractivity (Wildman–Crippen MR) is 73.5 cm³/mol. The minimum atomic E-state index is -0.822. The fourth-order valence-corrected chi connectivity index (χ4v) is 2.04. The lowest BCUT2D eigenvalue weighted by atomic mass is 10.2. The number of rotatable bonds is 2. The molecule has 21 heavy (non-hydrogen) atoms. The van der Waals surface area contributed by atoms with Crippen molar-refractivity contribution in [1.29, 1.82) is 0 Å². The number of fused-ring (bicyclic) bond motifs is 1. The average molecular weight is 290 g/mol. The Labute approximate surface area is 117 Å². The molecule has 6 heteroatoms. The second kappa shape index (κ2) is 4.97. The van der Waals surface area contributed by atoms with Crippen LogP contribution in [0, 0.1) is 17.5 Å². The van der Waals surface area contributed by atoms with E-state index in [-0.39, 0.29) is 11.4 Å². The Hall–Kier alpha value is -2.76. The van der Waals surface area contributed by atoms with Gasteiger partial charge < -0.3 is 10.1 Å². The van der Waals surface area contributed by atoms with Gasteiger partial charge in [-0.3, -0.25) is 0 Å². The van der Waals surface area contributed by atoms with Crippen LogP contribution in [0.15, 0.2) is 41.4 Å². The van der Waals surface area contributed by atoms with Crippen LogP contribution in [0.4, 0.5) is 18.9 Å². The summed E-state index contributed by atoms with van der Waals surface area (Å²) in [6.45, 7) is 0. The van der Waals surface area contributed by atoms with Crippen molar-refractivity contribution >= 4 is 22.8 Å². The van der Waals surface area contributed by atoms with Crippen molar-refractivity contribution in [3.63, 3.8) is 0 Å². The van der Waals surface area contributed by atoms with E-state index in [1.165, 1.54) is 24.3 Å². The summed E-state index contributed by atoms with van der Waals surface area (Å²) in [5.74, 6) is -2.39. The molecule has 1 heterocycles. The molecule has 0 saturated carbocycles. The van der Waals surface area contributed by atoms with Crippen molar-refractivity contribution in [2.24, 2.45) is 4.99 Å². The zero-order chi connectivity index (χ0) is 15.0. The first-order valence-electron chi connectivity index (χ1n) is 6.04. The number of nitrogens with one attached hydrogen (secondary N) is 1. The lowest BCUT2D eigenvalue weighted by molar-refractivity contribution is 0.457. The van der Waals surface area contributed by atoms with E-state index >= 15 is 0 Å². The molecule has 0 saturated heterocycles. The molecule has 0 radical (unpaired) electrons. The number of aromatic amines is 1. The molecule has 106 valence electrons. The summed E-state index contributed by atoms with van der Waals surface area (Å²) in [5, 5.41) is 10.2. The van der Waals surface area contributed by atoms with Gasteiger partial charge in [0.25, 0.3) is 0 Å². The number of H-pyrrole nitrogens is 1. The van der Waals surface area contributed by atoms with E-state index in [2.05, 4.69) is 9.98 Å². The number of benzene rings is 2. The van der Waals surface area contributed by atoms with Gasteiger partial charge in [-0.2, -0.15) is 0 Å². The Bertz CT molecular complexity index is 835. The van der Waals surface area contributed by atoms with Gasteiger partial charge in [0, 0.05) is 17.1 Å². The highest BCUT2D eigenvalue weighted by atomic mass is 19.1. The number of hydrogen-bond acceptors (Lipinski definition) is 2. The lowest BCUT2D eigenvalue weighted by Crippen LogP contribution is -1.85. The summed E-state index contributed by atoms with van der Waals surface area (Å²) in [6, 6.07) is 7.25. The summed E-state index contributed by atoms with van der Waals surface area (Å²) in [6.07, 6.45) is 1.09. The van der Waals surface area contributed by atoms with Crippen LogP contribution in [0.5, 0.6) is 5.88 Å². The van der Waals surface area contributed by atoms with E-state index in [1.54, 1.807) is 0 Å². The standard InChI is InChI=1S/C15H9F3N2O/c16-8-4-5-13-9(6-8)10(15(21)20-13)7-19-14-11(17)2-1-3-12(14)18/h1-7,20-21H. The molecular formula is C15H9F3N2O. The number of halogens is 3. The van der Waals surface area contributed by atoms with Gasteiger partial charge >= 0.3 is 0 Å². The second-order valence-electron chi connectivity index (χ2n) is 4.41. The van der Waals surface area contributed by atoms with E-state index in [0.717, 1.165) is 18.3 Å². The van der Waals surface area contributed by atoms with E-state index in [4.69, 9.17) is 0 Å². The number of nitrogens with zero attached hydrogens (tertiary/aromatic N) is 1. The van der Waals surface area contributed by atoms with Crippen LogP contribution in [0.1, 0.15) is 5.56 Å². The van der Waals surface area contributed by atoms with Gasteiger partial charge in [0.2, 0.25) is 0 Å². The Balaban J connectivity index is 2.11. The van der Waals surface area contributed by atoms with E-state index in [9.17, 15) is 18.3 Å². The molecule has 1 aromatic heterocycles. The van der Waals surface area contributed by atoms with Crippen LogP contribution in [0.25, 0.3) is 10.9 Å². The topological polar surface area (TPSA) is 48.4 Å². The fourth-order valence-electron chi connectivity index (χ4n) is 2.04. The highest BCUT2D eigenvalue weighted by Gasteiger charge is 2.11. The Kier molecular flexibility index (Phi) is 3.13. The highest BCUT2D eigenvalue weighted by molar-refractivity contribution is 6.02. The molecule has 0 fully saturated rings. The van der Waals surface area contributed by atoms with Crippen LogP contribution in [-0.2, 0) is 0 Å². The Morgan fingerprint density at radius 1 is 1.05 bits per heavy atom. The zero-order valence-electron chi connectivity index (χ0n) is 10.6. The molecule has 2 aromatic carbocycles. The molecule has 0 aliphatic carbocycles. The number of aromatic hydroxyl groups is 1. The third kappa shape index (κ3) is 2.35. The molecule has 0 aliphatic heterocycles. The maximum atomic E-state index is 13.5. The van der Waals surface area contributed by atoms with Crippen LogP contribution in [0.2, 0.25) is 0 Å².